The molecule has 2 N–H and O–H groups in total. The van der Waals surface area contributed by atoms with Crippen molar-refractivity contribution in [1.29, 1.82) is 0 Å². The molecule has 0 unspecified atom stereocenters. The highest BCUT2D eigenvalue weighted by Crippen LogP contribution is 2.28. The van der Waals surface area contributed by atoms with Gasteiger partial charge in [0.25, 0.3) is 0 Å². The summed E-state index contributed by atoms with van der Waals surface area (Å²) < 4.78 is 6.64. The molecule has 10 heteroatoms. The summed E-state index contributed by atoms with van der Waals surface area (Å²) in [5, 5.41) is 9.96. The topological polar surface area (TPSA) is 102 Å². The maximum absolute atomic E-state index is 12.3. The van der Waals surface area contributed by atoms with Gasteiger partial charge in [-0.15, -0.1) is 11.8 Å². The van der Waals surface area contributed by atoms with Gasteiger partial charge >= 0.3 is 17.8 Å². The smallest absolute Gasteiger partial charge is 0.341 e. The van der Waals surface area contributed by atoms with Crippen molar-refractivity contribution in [3.8, 4) is 0 Å². The number of carbonyl (C=O) groups is 3. The summed E-state index contributed by atoms with van der Waals surface area (Å²) in [5.41, 5.74) is 2.02. The Bertz CT molecular complexity index is 960. The Hall–Kier alpha value is -2.52. The van der Waals surface area contributed by atoms with Gasteiger partial charge in [-0.05, 0) is 43.7 Å². The Morgan fingerprint density at radius 1 is 1.28 bits per heavy atom. The van der Waals surface area contributed by atoms with Crippen molar-refractivity contribution in [3.63, 3.8) is 0 Å². The SMILES string of the molecule is COC(=O)c1c(CNC(=O)C(=O)Nc2cc(Cl)ccc2SC)nn2c1CCCC2. The van der Waals surface area contributed by atoms with Crippen LogP contribution in [0.25, 0.3) is 0 Å². The van der Waals surface area contributed by atoms with Crippen molar-refractivity contribution in [3.05, 3.63) is 40.2 Å². The quantitative estimate of drug-likeness (QED) is 0.424. The van der Waals surface area contributed by atoms with Crippen LogP contribution in [0.4, 0.5) is 5.69 Å². The fourth-order valence-electron chi connectivity index (χ4n) is 3.21. The number of amides is 2. The molecular formula is C19H21ClN4O4S. The number of aryl methyl sites for hydroxylation is 1. The summed E-state index contributed by atoms with van der Waals surface area (Å²) >= 11 is 7.39. The fraction of sp³-hybridized carbons (Fsp3) is 0.368. The summed E-state index contributed by atoms with van der Waals surface area (Å²) in [5.74, 6) is -2.16. The van der Waals surface area contributed by atoms with Crippen LogP contribution in [0.3, 0.4) is 0 Å². The number of ether oxygens (including phenoxy) is 1. The van der Waals surface area contributed by atoms with Gasteiger partial charge in [0.1, 0.15) is 5.56 Å². The van der Waals surface area contributed by atoms with E-state index in [1.807, 2.05) is 6.26 Å². The van der Waals surface area contributed by atoms with E-state index in [9.17, 15) is 14.4 Å². The number of aromatic nitrogens is 2. The summed E-state index contributed by atoms with van der Waals surface area (Å²) in [6.07, 6.45) is 4.51. The Labute approximate surface area is 177 Å². The van der Waals surface area contributed by atoms with E-state index in [-0.39, 0.29) is 6.54 Å². The van der Waals surface area contributed by atoms with E-state index < -0.39 is 17.8 Å². The summed E-state index contributed by atoms with van der Waals surface area (Å²) in [4.78, 5) is 37.6. The Kier molecular flexibility index (Phi) is 6.81. The molecule has 8 nitrogen and oxygen atoms in total. The summed E-state index contributed by atoms with van der Waals surface area (Å²) in [6.45, 7) is 0.654. The standard InChI is InChI=1S/C19H21ClN4O4S/c1-28-19(27)16-13(23-24-8-4-3-5-14(16)24)10-21-17(25)18(26)22-12-9-11(20)6-7-15(12)29-2/h6-7,9H,3-5,8,10H2,1-2H3,(H,21,25)(H,22,26). The molecule has 0 atom stereocenters. The maximum atomic E-state index is 12.3. The van der Waals surface area contributed by atoms with Crippen LogP contribution in [0.5, 0.6) is 0 Å². The van der Waals surface area contributed by atoms with E-state index in [0.717, 1.165) is 29.9 Å². The lowest BCUT2D eigenvalue weighted by Crippen LogP contribution is -2.35. The number of thioether (sulfide) groups is 1. The van der Waals surface area contributed by atoms with Crippen LogP contribution in [0, 0.1) is 0 Å². The van der Waals surface area contributed by atoms with Crippen LogP contribution in [-0.4, -0.2) is 40.9 Å². The molecule has 1 aromatic heterocycles. The number of nitrogens with zero attached hydrogens (tertiary/aromatic N) is 2. The molecule has 1 aliphatic rings. The van der Waals surface area contributed by atoms with Gasteiger partial charge in [-0.2, -0.15) is 5.10 Å². The van der Waals surface area contributed by atoms with Crippen LogP contribution < -0.4 is 10.6 Å². The number of rotatable bonds is 5. The van der Waals surface area contributed by atoms with Gasteiger partial charge in [-0.25, -0.2) is 4.79 Å². The normalized spacial score (nSPS) is 12.8. The number of carbonyl (C=O) groups excluding carboxylic acids is 3. The minimum Gasteiger partial charge on any atom is -0.465 e. The average molecular weight is 437 g/mol. The molecule has 0 radical (unpaired) electrons. The van der Waals surface area contributed by atoms with Crippen LogP contribution in [0.1, 0.15) is 34.6 Å². The Morgan fingerprint density at radius 3 is 2.79 bits per heavy atom. The number of hydrogen-bond donors (Lipinski definition) is 2. The molecule has 0 fully saturated rings. The highest BCUT2D eigenvalue weighted by molar-refractivity contribution is 7.98. The second kappa shape index (κ2) is 9.32. The van der Waals surface area contributed by atoms with E-state index in [4.69, 9.17) is 16.3 Å². The maximum Gasteiger partial charge on any atom is 0.341 e. The average Bonchev–Trinajstić information content (AvgIpc) is 3.10. The molecule has 0 saturated carbocycles. The fourth-order valence-corrected chi connectivity index (χ4v) is 3.91. The minimum atomic E-state index is -0.834. The first-order chi connectivity index (χ1) is 13.9. The number of anilines is 1. The molecule has 2 amide bonds. The van der Waals surface area contributed by atoms with E-state index in [2.05, 4.69) is 15.7 Å². The van der Waals surface area contributed by atoms with E-state index in [0.29, 0.717) is 28.5 Å². The van der Waals surface area contributed by atoms with E-state index in [1.165, 1.54) is 18.9 Å². The summed E-state index contributed by atoms with van der Waals surface area (Å²) in [7, 11) is 1.30. The van der Waals surface area contributed by atoms with E-state index in [1.54, 1.807) is 22.9 Å². The number of esters is 1. The lowest BCUT2D eigenvalue weighted by atomic mass is 10.0. The second-order valence-corrected chi connectivity index (χ2v) is 7.71. The third-order valence-corrected chi connectivity index (χ3v) is 5.62. The van der Waals surface area contributed by atoms with Gasteiger partial charge in [0.05, 0.1) is 30.7 Å². The lowest BCUT2D eigenvalue weighted by Gasteiger charge is -2.13. The third-order valence-electron chi connectivity index (χ3n) is 4.59. The zero-order chi connectivity index (χ0) is 21.0. The molecule has 1 aliphatic heterocycles. The second-order valence-electron chi connectivity index (χ2n) is 6.42. The first-order valence-corrected chi connectivity index (χ1v) is 10.6. The van der Waals surface area contributed by atoms with Gasteiger partial charge in [0.2, 0.25) is 0 Å². The van der Waals surface area contributed by atoms with Gasteiger partial charge in [-0.3, -0.25) is 14.3 Å². The molecule has 0 aliphatic carbocycles. The van der Waals surface area contributed by atoms with Crippen LogP contribution >= 0.6 is 23.4 Å². The predicted molar refractivity (Wildman–Crippen MR) is 110 cm³/mol. The van der Waals surface area contributed by atoms with Gasteiger partial charge in [0, 0.05) is 16.5 Å². The Morgan fingerprint density at radius 2 is 2.07 bits per heavy atom. The van der Waals surface area contributed by atoms with Crippen molar-refractivity contribution in [2.24, 2.45) is 0 Å². The molecule has 29 heavy (non-hydrogen) atoms. The molecular weight excluding hydrogens is 416 g/mol. The van der Waals surface area contributed by atoms with Gasteiger partial charge < -0.3 is 15.4 Å². The number of benzene rings is 1. The number of hydrogen-bond acceptors (Lipinski definition) is 6. The molecule has 1 aromatic carbocycles. The molecule has 154 valence electrons. The minimum absolute atomic E-state index is 0.0540. The Balaban J connectivity index is 1.71. The van der Waals surface area contributed by atoms with E-state index >= 15 is 0 Å². The molecule has 2 aromatic rings. The van der Waals surface area contributed by atoms with Gasteiger partial charge in [0.15, 0.2) is 0 Å². The van der Waals surface area contributed by atoms with Crippen molar-refractivity contribution in [2.75, 3.05) is 18.7 Å². The zero-order valence-electron chi connectivity index (χ0n) is 16.1. The largest absolute Gasteiger partial charge is 0.465 e. The number of fused-ring (bicyclic) bond motifs is 1. The number of nitrogens with one attached hydrogen (secondary N) is 2. The first kappa shape index (κ1) is 21.2. The highest BCUT2D eigenvalue weighted by atomic mass is 35.5. The van der Waals surface area contributed by atoms with Crippen LogP contribution in [0.2, 0.25) is 5.02 Å². The number of halogens is 1. The van der Waals surface area contributed by atoms with Crippen LogP contribution in [0.15, 0.2) is 23.1 Å². The molecule has 3 rings (SSSR count). The van der Waals surface area contributed by atoms with Gasteiger partial charge in [-0.1, -0.05) is 11.6 Å². The first-order valence-electron chi connectivity index (χ1n) is 9.04. The lowest BCUT2D eigenvalue weighted by molar-refractivity contribution is -0.136. The highest BCUT2D eigenvalue weighted by Gasteiger charge is 2.26. The molecule has 0 spiro atoms. The summed E-state index contributed by atoms with van der Waals surface area (Å²) in [6, 6.07) is 5.05. The monoisotopic (exact) mass is 436 g/mol. The van der Waals surface area contributed by atoms with Crippen molar-refractivity contribution >= 4 is 46.8 Å². The van der Waals surface area contributed by atoms with Crippen molar-refractivity contribution in [2.45, 2.75) is 37.2 Å². The molecule has 0 saturated heterocycles. The molecule has 0 bridgehead atoms. The molecule has 2 heterocycles. The predicted octanol–water partition coefficient (Wildman–Crippen LogP) is 2.64. The zero-order valence-corrected chi connectivity index (χ0v) is 17.7. The third kappa shape index (κ3) is 4.73. The van der Waals surface area contributed by atoms with Crippen LogP contribution in [-0.2, 0) is 33.8 Å². The van der Waals surface area contributed by atoms with Crippen molar-refractivity contribution < 1.29 is 19.1 Å². The number of methoxy groups -OCH3 is 1. The van der Waals surface area contributed by atoms with Crippen molar-refractivity contribution in [1.82, 2.24) is 15.1 Å².